The molecule has 0 aliphatic rings. The molecular formula is C10H14N2OS. The largest absolute Gasteiger partial charge is 0.399 e. The summed E-state index contributed by atoms with van der Waals surface area (Å²) in [6, 6.07) is 7.26. The first-order valence-corrected chi connectivity index (χ1v) is 5.65. The molecule has 2 N–H and O–H groups in total. The van der Waals surface area contributed by atoms with Gasteiger partial charge in [-0.2, -0.15) is 11.8 Å². The summed E-state index contributed by atoms with van der Waals surface area (Å²) in [4.78, 5) is 13.1. The Morgan fingerprint density at radius 2 is 2.00 bits per heavy atom. The van der Waals surface area contributed by atoms with Gasteiger partial charge in [0.25, 0.3) is 0 Å². The third-order valence-electron chi connectivity index (χ3n) is 1.92. The smallest absolute Gasteiger partial charge is 0.236 e. The van der Waals surface area contributed by atoms with E-state index in [9.17, 15) is 4.79 Å². The summed E-state index contributed by atoms with van der Waals surface area (Å²) in [5.41, 5.74) is 7.14. The van der Waals surface area contributed by atoms with E-state index >= 15 is 0 Å². The minimum atomic E-state index is 0.0993. The molecule has 14 heavy (non-hydrogen) atoms. The number of nitrogen functional groups attached to an aromatic ring is 1. The molecule has 3 nitrogen and oxygen atoms in total. The first-order chi connectivity index (χ1) is 6.65. The van der Waals surface area contributed by atoms with E-state index in [1.54, 1.807) is 24.1 Å². The van der Waals surface area contributed by atoms with E-state index in [1.807, 2.05) is 18.4 Å². The fraction of sp³-hybridized carbons (Fsp3) is 0.300. The molecule has 0 aromatic heterocycles. The number of benzene rings is 1. The zero-order valence-electron chi connectivity index (χ0n) is 8.36. The normalized spacial score (nSPS) is 9.86. The maximum absolute atomic E-state index is 11.5. The van der Waals surface area contributed by atoms with E-state index in [1.165, 1.54) is 11.8 Å². The molecule has 0 spiro atoms. The monoisotopic (exact) mass is 210 g/mol. The summed E-state index contributed by atoms with van der Waals surface area (Å²) < 4.78 is 0. The van der Waals surface area contributed by atoms with Gasteiger partial charge in [-0.3, -0.25) is 4.79 Å². The van der Waals surface area contributed by atoms with Crippen molar-refractivity contribution in [2.75, 3.05) is 29.7 Å². The number of carbonyl (C=O) groups is 1. The second-order valence-corrected chi connectivity index (χ2v) is 3.84. The van der Waals surface area contributed by atoms with Crippen LogP contribution in [-0.4, -0.2) is 25.0 Å². The van der Waals surface area contributed by atoms with Crippen LogP contribution in [-0.2, 0) is 4.79 Å². The standard InChI is InChI=1S/C10H14N2OS/c1-12(10(13)7-14-2)9-5-3-8(11)4-6-9/h3-6H,7,11H2,1-2H3. The second-order valence-electron chi connectivity index (χ2n) is 2.98. The molecule has 76 valence electrons. The van der Waals surface area contributed by atoms with Gasteiger partial charge in [-0.05, 0) is 30.5 Å². The van der Waals surface area contributed by atoms with Crippen molar-refractivity contribution in [1.82, 2.24) is 0 Å². The second kappa shape index (κ2) is 4.91. The predicted octanol–water partition coefficient (Wildman–Crippen LogP) is 1.59. The highest BCUT2D eigenvalue weighted by Crippen LogP contribution is 2.15. The lowest BCUT2D eigenvalue weighted by molar-refractivity contribution is -0.115. The van der Waals surface area contributed by atoms with Crippen LogP contribution in [0.25, 0.3) is 0 Å². The fourth-order valence-corrected chi connectivity index (χ4v) is 1.50. The molecule has 0 unspecified atom stereocenters. The highest BCUT2D eigenvalue weighted by molar-refractivity contribution is 7.99. The van der Waals surface area contributed by atoms with Crippen LogP contribution in [0.3, 0.4) is 0 Å². The minimum Gasteiger partial charge on any atom is -0.399 e. The van der Waals surface area contributed by atoms with Crippen LogP contribution in [0.1, 0.15) is 0 Å². The van der Waals surface area contributed by atoms with Gasteiger partial charge in [0.15, 0.2) is 0 Å². The van der Waals surface area contributed by atoms with Crippen molar-refractivity contribution >= 4 is 29.0 Å². The molecular weight excluding hydrogens is 196 g/mol. The quantitative estimate of drug-likeness (QED) is 0.771. The van der Waals surface area contributed by atoms with Gasteiger partial charge < -0.3 is 10.6 Å². The highest BCUT2D eigenvalue weighted by Gasteiger charge is 2.08. The van der Waals surface area contributed by atoms with Gasteiger partial charge in [0.2, 0.25) is 5.91 Å². The van der Waals surface area contributed by atoms with Crippen LogP contribution >= 0.6 is 11.8 Å². The van der Waals surface area contributed by atoms with Crippen LogP contribution in [0.4, 0.5) is 11.4 Å². The molecule has 0 atom stereocenters. The Hall–Kier alpha value is -1.16. The van der Waals surface area contributed by atoms with Crippen LogP contribution in [0.5, 0.6) is 0 Å². The molecule has 0 saturated heterocycles. The number of nitrogens with zero attached hydrogens (tertiary/aromatic N) is 1. The van der Waals surface area contributed by atoms with E-state index in [0.717, 1.165) is 5.69 Å². The van der Waals surface area contributed by atoms with Crippen LogP contribution in [0.2, 0.25) is 0 Å². The molecule has 0 aliphatic heterocycles. The summed E-state index contributed by atoms with van der Waals surface area (Å²) >= 11 is 1.52. The maximum Gasteiger partial charge on any atom is 0.236 e. The van der Waals surface area contributed by atoms with E-state index < -0.39 is 0 Å². The van der Waals surface area contributed by atoms with Gasteiger partial charge in [0, 0.05) is 18.4 Å². The van der Waals surface area contributed by atoms with Crippen molar-refractivity contribution in [1.29, 1.82) is 0 Å². The number of anilines is 2. The molecule has 0 saturated carbocycles. The van der Waals surface area contributed by atoms with Gasteiger partial charge in [-0.1, -0.05) is 0 Å². The summed E-state index contributed by atoms with van der Waals surface area (Å²) in [7, 11) is 1.77. The molecule has 1 amide bonds. The van der Waals surface area contributed by atoms with Crippen LogP contribution < -0.4 is 10.6 Å². The van der Waals surface area contributed by atoms with Crippen LogP contribution in [0, 0.1) is 0 Å². The maximum atomic E-state index is 11.5. The lowest BCUT2D eigenvalue weighted by atomic mass is 10.2. The molecule has 0 heterocycles. The first kappa shape index (κ1) is 10.9. The summed E-state index contributed by atoms with van der Waals surface area (Å²) in [6.07, 6.45) is 1.91. The SMILES string of the molecule is CSCC(=O)N(C)c1ccc(N)cc1. The number of amides is 1. The zero-order valence-corrected chi connectivity index (χ0v) is 9.17. The predicted molar refractivity (Wildman–Crippen MR) is 62.6 cm³/mol. The fourth-order valence-electron chi connectivity index (χ4n) is 1.06. The number of rotatable bonds is 3. The molecule has 4 heteroatoms. The van der Waals surface area contributed by atoms with Crippen molar-refractivity contribution in [2.24, 2.45) is 0 Å². The number of nitrogens with two attached hydrogens (primary N) is 1. The Balaban J connectivity index is 2.73. The Bertz CT molecular complexity index is 310. The molecule has 0 bridgehead atoms. The minimum absolute atomic E-state index is 0.0993. The lowest BCUT2D eigenvalue weighted by Gasteiger charge is -2.16. The summed E-state index contributed by atoms with van der Waals surface area (Å²) in [6.45, 7) is 0. The van der Waals surface area contributed by atoms with Crippen LogP contribution in [0.15, 0.2) is 24.3 Å². The molecule has 0 fully saturated rings. The Kier molecular flexibility index (Phi) is 3.83. The molecule has 1 aromatic rings. The highest BCUT2D eigenvalue weighted by atomic mass is 32.2. The van der Waals surface area contributed by atoms with Gasteiger partial charge in [0.1, 0.15) is 0 Å². The van der Waals surface area contributed by atoms with E-state index in [2.05, 4.69) is 0 Å². The molecule has 0 radical (unpaired) electrons. The summed E-state index contributed by atoms with van der Waals surface area (Å²) in [5.74, 6) is 0.600. The third-order valence-corrected chi connectivity index (χ3v) is 2.46. The van der Waals surface area contributed by atoms with Crippen molar-refractivity contribution in [3.8, 4) is 0 Å². The Morgan fingerprint density at radius 1 is 1.43 bits per heavy atom. The van der Waals surface area contributed by atoms with E-state index in [0.29, 0.717) is 11.4 Å². The van der Waals surface area contributed by atoms with Gasteiger partial charge in [-0.25, -0.2) is 0 Å². The van der Waals surface area contributed by atoms with Crippen molar-refractivity contribution in [3.63, 3.8) is 0 Å². The van der Waals surface area contributed by atoms with Crippen molar-refractivity contribution < 1.29 is 4.79 Å². The molecule has 0 aliphatic carbocycles. The number of carbonyl (C=O) groups excluding carboxylic acids is 1. The van der Waals surface area contributed by atoms with E-state index in [4.69, 9.17) is 5.73 Å². The van der Waals surface area contributed by atoms with Crippen molar-refractivity contribution in [3.05, 3.63) is 24.3 Å². The summed E-state index contributed by atoms with van der Waals surface area (Å²) in [5, 5.41) is 0. The zero-order chi connectivity index (χ0) is 10.6. The number of thioether (sulfide) groups is 1. The number of hydrogen-bond acceptors (Lipinski definition) is 3. The average Bonchev–Trinajstić information content (AvgIpc) is 2.18. The first-order valence-electron chi connectivity index (χ1n) is 4.26. The van der Waals surface area contributed by atoms with Gasteiger partial charge in [0.05, 0.1) is 5.75 Å². The Morgan fingerprint density at radius 3 is 2.50 bits per heavy atom. The third kappa shape index (κ3) is 2.67. The average molecular weight is 210 g/mol. The van der Waals surface area contributed by atoms with Crippen molar-refractivity contribution in [2.45, 2.75) is 0 Å². The van der Waals surface area contributed by atoms with Gasteiger partial charge >= 0.3 is 0 Å². The Labute approximate surface area is 88.3 Å². The molecule has 1 aromatic carbocycles. The topological polar surface area (TPSA) is 46.3 Å². The number of hydrogen-bond donors (Lipinski definition) is 1. The van der Waals surface area contributed by atoms with Gasteiger partial charge in [-0.15, -0.1) is 0 Å². The molecule has 1 rings (SSSR count). The van der Waals surface area contributed by atoms with E-state index in [-0.39, 0.29) is 5.91 Å². The lowest BCUT2D eigenvalue weighted by Crippen LogP contribution is -2.27.